The van der Waals surface area contributed by atoms with Crippen LogP contribution in [-0.2, 0) is 17.7 Å². The van der Waals surface area contributed by atoms with Crippen molar-refractivity contribution in [2.75, 3.05) is 19.5 Å². The van der Waals surface area contributed by atoms with E-state index in [1.54, 1.807) is 13.2 Å². The maximum Gasteiger partial charge on any atom is 0.341 e. The number of methoxy groups -OCH3 is 2. The molecule has 0 bridgehead atoms. The number of carbonyl (C=O) groups is 1. The second-order valence-electron chi connectivity index (χ2n) is 5.84. The fourth-order valence-corrected chi connectivity index (χ4v) is 2.87. The van der Waals surface area contributed by atoms with E-state index in [1.165, 1.54) is 18.0 Å². The SMILES string of the molecule is CCc1c(C(=O)OC)cnn1-c1nc(Cl)cc(NCc2ccc(OC)cc2)n1. The van der Waals surface area contributed by atoms with Gasteiger partial charge >= 0.3 is 5.97 Å². The molecule has 28 heavy (non-hydrogen) atoms. The highest BCUT2D eigenvalue weighted by molar-refractivity contribution is 6.29. The summed E-state index contributed by atoms with van der Waals surface area (Å²) in [4.78, 5) is 20.6. The first-order valence-electron chi connectivity index (χ1n) is 8.62. The lowest BCUT2D eigenvalue weighted by Crippen LogP contribution is -2.11. The van der Waals surface area contributed by atoms with Crippen LogP contribution < -0.4 is 10.1 Å². The number of ether oxygens (including phenoxy) is 2. The molecule has 2 heterocycles. The summed E-state index contributed by atoms with van der Waals surface area (Å²) >= 11 is 6.17. The van der Waals surface area contributed by atoms with E-state index in [0.29, 0.717) is 30.0 Å². The van der Waals surface area contributed by atoms with Crippen LogP contribution in [0.25, 0.3) is 5.95 Å². The van der Waals surface area contributed by atoms with E-state index in [0.717, 1.165) is 11.3 Å². The van der Waals surface area contributed by atoms with Gasteiger partial charge in [-0.1, -0.05) is 30.7 Å². The Morgan fingerprint density at radius 1 is 1.21 bits per heavy atom. The summed E-state index contributed by atoms with van der Waals surface area (Å²) in [6, 6.07) is 9.33. The second kappa shape index (κ2) is 8.71. The molecule has 8 nitrogen and oxygen atoms in total. The number of nitrogens with one attached hydrogen (secondary N) is 1. The van der Waals surface area contributed by atoms with Crippen molar-refractivity contribution in [2.24, 2.45) is 0 Å². The van der Waals surface area contributed by atoms with Gasteiger partial charge in [0.2, 0.25) is 0 Å². The topological polar surface area (TPSA) is 91.2 Å². The molecular formula is C19H20ClN5O3. The lowest BCUT2D eigenvalue weighted by atomic mass is 10.2. The molecule has 0 saturated heterocycles. The maximum atomic E-state index is 11.9. The summed E-state index contributed by atoms with van der Waals surface area (Å²) in [6.07, 6.45) is 1.99. The molecule has 0 aliphatic carbocycles. The fraction of sp³-hybridized carbons (Fsp3) is 0.263. The smallest absolute Gasteiger partial charge is 0.341 e. The molecule has 0 atom stereocenters. The molecule has 0 aliphatic rings. The Bertz CT molecular complexity index is 972. The van der Waals surface area contributed by atoms with Gasteiger partial charge in [0.15, 0.2) is 0 Å². The van der Waals surface area contributed by atoms with E-state index in [1.807, 2.05) is 31.2 Å². The van der Waals surface area contributed by atoms with Gasteiger partial charge < -0.3 is 14.8 Å². The van der Waals surface area contributed by atoms with Crippen LogP contribution in [0.3, 0.4) is 0 Å². The van der Waals surface area contributed by atoms with Crippen LogP contribution in [0.4, 0.5) is 5.82 Å². The van der Waals surface area contributed by atoms with E-state index < -0.39 is 5.97 Å². The normalized spacial score (nSPS) is 10.6. The minimum absolute atomic E-state index is 0.263. The highest BCUT2D eigenvalue weighted by atomic mass is 35.5. The van der Waals surface area contributed by atoms with E-state index in [4.69, 9.17) is 21.1 Å². The molecule has 0 spiro atoms. The van der Waals surface area contributed by atoms with Gasteiger partial charge in [0.1, 0.15) is 22.3 Å². The van der Waals surface area contributed by atoms with Gasteiger partial charge in [0.25, 0.3) is 5.95 Å². The van der Waals surface area contributed by atoms with Crippen molar-refractivity contribution in [1.82, 2.24) is 19.7 Å². The molecule has 146 valence electrons. The molecule has 2 aromatic heterocycles. The van der Waals surface area contributed by atoms with Crippen LogP contribution in [-0.4, -0.2) is 39.9 Å². The minimum atomic E-state index is -0.456. The zero-order chi connectivity index (χ0) is 20.1. The van der Waals surface area contributed by atoms with Gasteiger partial charge in [-0.2, -0.15) is 15.1 Å². The first kappa shape index (κ1) is 19.6. The molecule has 0 unspecified atom stereocenters. The summed E-state index contributed by atoms with van der Waals surface area (Å²) in [5.41, 5.74) is 2.08. The first-order chi connectivity index (χ1) is 13.5. The number of halogens is 1. The van der Waals surface area contributed by atoms with Gasteiger partial charge in [-0.05, 0) is 24.1 Å². The number of carbonyl (C=O) groups excluding carboxylic acids is 1. The lowest BCUT2D eigenvalue weighted by Gasteiger charge is -2.10. The van der Waals surface area contributed by atoms with E-state index in [-0.39, 0.29) is 11.1 Å². The van der Waals surface area contributed by atoms with E-state index in [2.05, 4.69) is 20.4 Å². The summed E-state index contributed by atoms with van der Waals surface area (Å²) in [5, 5.41) is 7.72. The Labute approximate surface area is 167 Å². The van der Waals surface area contributed by atoms with Crippen molar-refractivity contribution in [2.45, 2.75) is 19.9 Å². The number of hydrogen-bond acceptors (Lipinski definition) is 7. The predicted molar refractivity (Wildman–Crippen MR) is 105 cm³/mol. The highest BCUT2D eigenvalue weighted by Crippen LogP contribution is 2.19. The molecule has 0 saturated carbocycles. The minimum Gasteiger partial charge on any atom is -0.497 e. The van der Waals surface area contributed by atoms with Crippen LogP contribution in [0.1, 0.15) is 28.5 Å². The van der Waals surface area contributed by atoms with Gasteiger partial charge in [-0.25, -0.2) is 9.48 Å². The molecule has 1 aromatic carbocycles. The van der Waals surface area contributed by atoms with Crippen LogP contribution in [0.5, 0.6) is 5.75 Å². The van der Waals surface area contributed by atoms with Crippen molar-refractivity contribution in [3.05, 3.63) is 58.5 Å². The number of anilines is 1. The molecule has 9 heteroatoms. The van der Waals surface area contributed by atoms with E-state index >= 15 is 0 Å². The molecule has 1 N–H and O–H groups in total. The summed E-state index contributed by atoms with van der Waals surface area (Å²) in [6.45, 7) is 2.46. The molecule has 0 fully saturated rings. The Morgan fingerprint density at radius 3 is 2.61 bits per heavy atom. The van der Waals surface area contributed by atoms with Crippen LogP contribution >= 0.6 is 11.6 Å². The van der Waals surface area contributed by atoms with Gasteiger partial charge in [-0.15, -0.1) is 0 Å². The maximum absolute atomic E-state index is 11.9. The third kappa shape index (κ3) is 4.23. The third-order valence-electron chi connectivity index (χ3n) is 4.11. The van der Waals surface area contributed by atoms with Crippen molar-refractivity contribution >= 4 is 23.4 Å². The summed E-state index contributed by atoms with van der Waals surface area (Å²) in [5.74, 6) is 1.16. The van der Waals surface area contributed by atoms with Crippen molar-refractivity contribution in [3.63, 3.8) is 0 Å². The average Bonchev–Trinajstić information content (AvgIpc) is 3.15. The number of nitrogens with zero attached hydrogens (tertiary/aromatic N) is 4. The zero-order valence-electron chi connectivity index (χ0n) is 15.8. The standard InChI is InChI=1S/C19H20ClN5O3/c1-4-15-14(18(26)28-3)11-22-25(15)19-23-16(20)9-17(24-19)21-10-12-5-7-13(27-2)8-6-12/h5-9,11H,4,10H2,1-3H3,(H,21,23,24). The zero-order valence-corrected chi connectivity index (χ0v) is 16.5. The Hall–Kier alpha value is -3.13. The van der Waals surface area contributed by atoms with Crippen LogP contribution in [0.2, 0.25) is 5.15 Å². The summed E-state index contributed by atoms with van der Waals surface area (Å²) < 4.78 is 11.5. The molecule has 0 aliphatic heterocycles. The van der Waals surface area contributed by atoms with Crippen molar-refractivity contribution in [3.8, 4) is 11.7 Å². The Morgan fingerprint density at radius 2 is 1.96 bits per heavy atom. The highest BCUT2D eigenvalue weighted by Gasteiger charge is 2.19. The Kier molecular flexibility index (Phi) is 6.10. The van der Waals surface area contributed by atoms with Crippen LogP contribution in [0, 0.1) is 0 Å². The van der Waals surface area contributed by atoms with Gasteiger partial charge in [-0.3, -0.25) is 0 Å². The number of aromatic nitrogens is 4. The third-order valence-corrected chi connectivity index (χ3v) is 4.31. The van der Waals surface area contributed by atoms with Crippen molar-refractivity contribution < 1.29 is 14.3 Å². The molecule has 0 radical (unpaired) electrons. The van der Waals surface area contributed by atoms with Gasteiger partial charge in [0, 0.05) is 12.6 Å². The van der Waals surface area contributed by atoms with E-state index in [9.17, 15) is 4.79 Å². The Balaban J connectivity index is 1.85. The quantitative estimate of drug-likeness (QED) is 0.479. The number of rotatable bonds is 7. The molecule has 3 rings (SSSR count). The number of hydrogen-bond donors (Lipinski definition) is 1. The first-order valence-corrected chi connectivity index (χ1v) is 9.00. The van der Waals surface area contributed by atoms with Crippen LogP contribution in [0.15, 0.2) is 36.5 Å². The predicted octanol–water partition coefficient (Wildman–Crippen LogP) is 3.29. The second-order valence-corrected chi connectivity index (χ2v) is 6.23. The summed E-state index contributed by atoms with van der Waals surface area (Å²) in [7, 11) is 2.96. The molecular weight excluding hydrogens is 382 g/mol. The van der Waals surface area contributed by atoms with Crippen molar-refractivity contribution in [1.29, 1.82) is 0 Å². The van der Waals surface area contributed by atoms with Gasteiger partial charge in [0.05, 0.1) is 26.1 Å². The fourth-order valence-electron chi connectivity index (χ4n) is 2.69. The average molecular weight is 402 g/mol. The molecule has 3 aromatic rings. The monoisotopic (exact) mass is 401 g/mol. The largest absolute Gasteiger partial charge is 0.497 e. The number of benzene rings is 1. The number of esters is 1. The molecule has 0 amide bonds. The lowest BCUT2D eigenvalue weighted by molar-refractivity contribution is 0.0599.